The summed E-state index contributed by atoms with van der Waals surface area (Å²) >= 11 is 0. The Labute approximate surface area is 251 Å². The van der Waals surface area contributed by atoms with Crippen molar-refractivity contribution in [3.05, 3.63) is 169 Å². The van der Waals surface area contributed by atoms with Gasteiger partial charge in [-0.05, 0) is 40.2 Å². The molecule has 2 aromatic heterocycles. The Morgan fingerprint density at radius 1 is 0.500 bits per heavy atom. The van der Waals surface area contributed by atoms with Gasteiger partial charge in [0.15, 0.2) is 0 Å². The molecule has 2 nitrogen and oxygen atoms in total. The van der Waals surface area contributed by atoms with Gasteiger partial charge in [0.05, 0.1) is 0 Å². The number of aromatic nitrogens is 2. The molecule has 0 spiro atoms. The van der Waals surface area contributed by atoms with E-state index in [1.807, 2.05) is 72.9 Å². The molecule has 3 heteroatoms. The van der Waals surface area contributed by atoms with Crippen LogP contribution < -0.4 is 0 Å². The molecule has 0 N–H and O–H groups in total. The molecule has 0 unspecified atom stereocenters. The van der Waals surface area contributed by atoms with E-state index in [1.165, 1.54) is 22.3 Å². The molecule has 6 aromatic rings. The van der Waals surface area contributed by atoms with Gasteiger partial charge < -0.3 is 9.97 Å². The third-order valence-electron chi connectivity index (χ3n) is 6.81. The van der Waals surface area contributed by atoms with Crippen molar-refractivity contribution in [2.45, 2.75) is 19.3 Å². The Balaban J connectivity index is 0.000000182. The summed E-state index contributed by atoms with van der Waals surface area (Å²) in [6.45, 7) is 4.49. The van der Waals surface area contributed by atoms with Gasteiger partial charge in [0, 0.05) is 37.9 Å². The molecule has 1 radical (unpaired) electrons. The minimum absolute atomic E-state index is 0. The first-order valence-electron chi connectivity index (χ1n) is 13.1. The van der Waals surface area contributed by atoms with Crippen molar-refractivity contribution < 1.29 is 20.1 Å². The molecule has 0 atom stereocenters. The summed E-state index contributed by atoms with van der Waals surface area (Å²) in [4.78, 5) is 8.84. The van der Waals surface area contributed by atoms with Crippen molar-refractivity contribution in [3.8, 4) is 33.6 Å². The van der Waals surface area contributed by atoms with E-state index < -0.39 is 0 Å². The number of hydrogen-bond acceptors (Lipinski definition) is 2. The second-order valence-electron chi connectivity index (χ2n) is 9.77. The van der Waals surface area contributed by atoms with Crippen LogP contribution in [0, 0.1) is 12.1 Å². The zero-order valence-corrected chi connectivity index (χ0v) is 25.0. The maximum absolute atomic E-state index is 4.49. The quantitative estimate of drug-likeness (QED) is 0.168. The molecule has 6 rings (SSSR count). The normalized spacial score (nSPS) is 10.6. The van der Waals surface area contributed by atoms with Crippen LogP contribution in [0.2, 0.25) is 0 Å². The summed E-state index contributed by atoms with van der Waals surface area (Å²) in [5.41, 5.74) is 8.90. The van der Waals surface area contributed by atoms with E-state index in [0.717, 1.165) is 22.5 Å². The maximum atomic E-state index is 4.49. The Hall–Kier alpha value is -4.17. The Morgan fingerprint density at radius 2 is 1.18 bits per heavy atom. The number of benzene rings is 4. The van der Waals surface area contributed by atoms with Gasteiger partial charge in [-0.1, -0.05) is 92.7 Å². The number of rotatable bonds is 5. The molecule has 0 saturated carbocycles. The van der Waals surface area contributed by atoms with Crippen LogP contribution in [0.5, 0.6) is 0 Å². The number of hydrogen-bond donors (Lipinski definition) is 0. The first-order chi connectivity index (χ1) is 19.1. The van der Waals surface area contributed by atoms with Crippen molar-refractivity contribution >= 4 is 0 Å². The van der Waals surface area contributed by atoms with Crippen molar-refractivity contribution in [2.75, 3.05) is 0 Å². The molecule has 0 bridgehead atoms. The molecular formula is C37H30IrN2-2. The maximum Gasteiger partial charge on any atom is 0.0163 e. The largest absolute Gasteiger partial charge is 0.305 e. The van der Waals surface area contributed by atoms with Crippen LogP contribution in [0.3, 0.4) is 0 Å². The van der Waals surface area contributed by atoms with Crippen LogP contribution in [0.1, 0.15) is 25.0 Å². The fourth-order valence-corrected chi connectivity index (χ4v) is 4.49. The summed E-state index contributed by atoms with van der Waals surface area (Å²) in [5.74, 6) is 0. The predicted octanol–water partition coefficient (Wildman–Crippen LogP) is 9.09. The van der Waals surface area contributed by atoms with Crippen LogP contribution in [0.15, 0.2) is 146 Å². The molecule has 0 saturated heterocycles. The number of nitrogens with zero attached hydrogens (tertiary/aromatic N) is 2. The SMILES string of the molecule is CC(C)(c1ccccc1)c1ccnc(-c2[c-]cccc2)c1.[Ir].[c-]1ccc(-c2ccccc2)cc1-c1ccccn1. The van der Waals surface area contributed by atoms with E-state index in [-0.39, 0.29) is 25.5 Å². The van der Waals surface area contributed by atoms with Gasteiger partial charge in [-0.25, -0.2) is 0 Å². The molecule has 2 heterocycles. The summed E-state index contributed by atoms with van der Waals surface area (Å²) in [6.07, 6.45) is 3.69. The van der Waals surface area contributed by atoms with Gasteiger partial charge in [0.2, 0.25) is 0 Å². The van der Waals surface area contributed by atoms with Gasteiger partial charge in [-0.3, -0.25) is 0 Å². The second kappa shape index (κ2) is 13.8. The molecule has 4 aromatic carbocycles. The van der Waals surface area contributed by atoms with Crippen LogP contribution >= 0.6 is 0 Å². The summed E-state index contributed by atoms with van der Waals surface area (Å²) in [6, 6.07) is 51.7. The van der Waals surface area contributed by atoms with Crippen molar-refractivity contribution in [2.24, 2.45) is 0 Å². The zero-order chi connectivity index (χ0) is 26.9. The van der Waals surface area contributed by atoms with E-state index >= 15 is 0 Å². The van der Waals surface area contributed by atoms with Crippen molar-refractivity contribution in [1.82, 2.24) is 9.97 Å². The topological polar surface area (TPSA) is 25.8 Å². The summed E-state index contributed by atoms with van der Waals surface area (Å²) in [7, 11) is 0. The molecule has 0 aliphatic rings. The average Bonchev–Trinajstić information content (AvgIpc) is 3.03. The van der Waals surface area contributed by atoms with Crippen LogP contribution in [0.25, 0.3) is 33.6 Å². The van der Waals surface area contributed by atoms with E-state index in [0.29, 0.717) is 0 Å². The van der Waals surface area contributed by atoms with Gasteiger partial charge in [0.1, 0.15) is 0 Å². The smallest absolute Gasteiger partial charge is 0.0163 e. The van der Waals surface area contributed by atoms with Crippen LogP contribution in [-0.4, -0.2) is 9.97 Å². The first-order valence-corrected chi connectivity index (χ1v) is 13.1. The second-order valence-corrected chi connectivity index (χ2v) is 9.77. The Kier molecular flexibility index (Phi) is 9.91. The van der Waals surface area contributed by atoms with Gasteiger partial charge >= 0.3 is 0 Å². The first kappa shape index (κ1) is 28.8. The van der Waals surface area contributed by atoms with Crippen LogP contribution in [0.4, 0.5) is 0 Å². The molecule has 199 valence electrons. The summed E-state index contributed by atoms with van der Waals surface area (Å²) in [5, 5.41) is 0. The van der Waals surface area contributed by atoms with Gasteiger partial charge in [-0.2, -0.15) is 0 Å². The molecule has 0 aliphatic heterocycles. The minimum Gasteiger partial charge on any atom is -0.305 e. The van der Waals surface area contributed by atoms with E-state index in [1.54, 1.807) is 6.20 Å². The Bertz CT molecular complexity index is 1550. The molecule has 0 aliphatic carbocycles. The molecular weight excluding hydrogens is 665 g/mol. The van der Waals surface area contributed by atoms with Gasteiger partial charge in [0.25, 0.3) is 0 Å². The minimum atomic E-state index is -0.0479. The third kappa shape index (κ3) is 7.07. The fraction of sp³-hybridized carbons (Fsp3) is 0.0811. The summed E-state index contributed by atoms with van der Waals surface area (Å²) < 4.78 is 0. The average molecular weight is 695 g/mol. The number of pyridine rings is 2. The third-order valence-corrected chi connectivity index (χ3v) is 6.81. The van der Waals surface area contributed by atoms with E-state index in [9.17, 15) is 0 Å². The Morgan fingerprint density at radius 3 is 1.88 bits per heavy atom. The molecule has 40 heavy (non-hydrogen) atoms. The monoisotopic (exact) mass is 695 g/mol. The van der Waals surface area contributed by atoms with Crippen molar-refractivity contribution in [3.63, 3.8) is 0 Å². The van der Waals surface area contributed by atoms with Crippen LogP contribution in [-0.2, 0) is 25.5 Å². The molecule has 0 amide bonds. The fourth-order valence-electron chi connectivity index (χ4n) is 4.49. The van der Waals surface area contributed by atoms with E-state index in [4.69, 9.17) is 0 Å². The van der Waals surface area contributed by atoms with Gasteiger partial charge in [-0.15, -0.1) is 71.3 Å². The molecule has 0 fully saturated rings. The zero-order valence-electron chi connectivity index (χ0n) is 22.6. The standard InChI is InChI=1S/C20H18N.C17H12N.Ir/c1-20(2,17-11-7-4-8-12-17)18-13-14-21-19(15-18)16-9-5-3-6-10-16;1-2-7-14(8-3-1)15-9-6-10-16(13-15)17-11-4-5-12-18-17;/h3-9,11-15H,1-2H3;1-9,11-13H;/q2*-1;. The van der Waals surface area contributed by atoms with E-state index in [2.05, 4.69) is 103 Å². The predicted molar refractivity (Wildman–Crippen MR) is 161 cm³/mol. The van der Waals surface area contributed by atoms with Crippen molar-refractivity contribution in [1.29, 1.82) is 0 Å².